The number of hydrogen-bond acceptors (Lipinski definition) is 22. The van der Waals surface area contributed by atoms with Gasteiger partial charge in [0, 0.05) is 83.8 Å². The monoisotopic (exact) mass is 1350 g/mol. The minimum absolute atomic E-state index is 0.0280. The van der Waals surface area contributed by atoms with E-state index in [1.54, 1.807) is 29.8 Å². The highest BCUT2D eigenvalue weighted by atomic mass is 32.1. The van der Waals surface area contributed by atoms with E-state index in [0.29, 0.717) is 99.6 Å². The number of methoxy groups -OCH3 is 1. The second-order valence-electron chi connectivity index (χ2n) is 22.6. The Bertz CT molecular complexity index is 3990. The number of benzene rings is 1. The molecule has 7 aromatic heterocycles. The summed E-state index contributed by atoms with van der Waals surface area (Å²) >= 11 is 7.50. The molecule has 0 radical (unpaired) electrons. The average Bonchev–Trinajstić information content (AvgIpc) is 1.75. The molecule has 1 fully saturated rings. The van der Waals surface area contributed by atoms with Crippen molar-refractivity contribution in [3.63, 3.8) is 0 Å². The van der Waals surface area contributed by atoms with Crippen LogP contribution in [0.25, 0.3) is 43.4 Å². The van der Waals surface area contributed by atoms with E-state index >= 15 is 0 Å². The summed E-state index contributed by atoms with van der Waals surface area (Å²) in [7, 11) is 2.98. The fraction of sp³-hybridized carbons (Fsp3) is 0.403. The van der Waals surface area contributed by atoms with Crippen molar-refractivity contribution < 1.29 is 53.3 Å². The summed E-state index contributed by atoms with van der Waals surface area (Å²) in [6, 6.07) is 11.6. The van der Waals surface area contributed by atoms with Gasteiger partial charge >= 0.3 is 11.9 Å². The number of rotatable bonds is 16. The maximum absolute atomic E-state index is 14.4. The first-order chi connectivity index (χ1) is 43.7. The van der Waals surface area contributed by atoms with E-state index in [-0.39, 0.29) is 91.8 Å². The number of aryl methyl sites for hydroxylation is 1. The molecular weight excluding hydrogens is 1280 g/mol. The van der Waals surface area contributed by atoms with Crippen LogP contribution in [0.4, 0.5) is 5.82 Å². The average molecular weight is 1350 g/mol. The van der Waals surface area contributed by atoms with E-state index in [0.717, 1.165) is 5.56 Å². The van der Waals surface area contributed by atoms with Crippen LogP contribution >= 0.6 is 68.0 Å². The molecule has 10 bridgehead atoms. The number of aliphatic carboxylic acids is 2. The quantitative estimate of drug-likeness (QED) is 0.0523. The molecule has 5 amide bonds. The van der Waals surface area contributed by atoms with Crippen molar-refractivity contribution in [2.45, 2.75) is 116 Å². The molecule has 0 spiro atoms. The molecular formula is C62H66N12O11S6. The zero-order valence-corrected chi connectivity index (χ0v) is 55.4. The lowest BCUT2D eigenvalue weighted by molar-refractivity contribution is -0.143. The van der Waals surface area contributed by atoms with Crippen LogP contribution in [-0.4, -0.2) is 120 Å². The Hall–Kier alpha value is -7.93. The molecule has 4 atom stereocenters. The molecule has 1 aromatic carbocycles. The third-order valence-corrected chi connectivity index (χ3v) is 21.7. The molecule has 476 valence electrons. The van der Waals surface area contributed by atoms with E-state index in [9.17, 15) is 48.6 Å². The lowest BCUT2D eigenvalue weighted by Gasteiger charge is -2.28. The summed E-state index contributed by atoms with van der Waals surface area (Å²) in [5.41, 5.74) is 3.43. The minimum Gasteiger partial charge on any atom is -0.481 e. The van der Waals surface area contributed by atoms with Crippen molar-refractivity contribution in [2.75, 3.05) is 32.1 Å². The van der Waals surface area contributed by atoms with Gasteiger partial charge in [-0.15, -0.1) is 68.0 Å². The summed E-state index contributed by atoms with van der Waals surface area (Å²) in [6.07, 6.45) is 2.01. The molecule has 6 N–H and O–H groups in total. The fourth-order valence-electron chi connectivity index (χ4n) is 10.9. The van der Waals surface area contributed by atoms with Crippen LogP contribution in [0.15, 0.2) is 64.0 Å². The first-order valence-electron chi connectivity index (χ1n) is 29.5. The number of Topliss-reactive ketones (excluding diaryl/α,β-unsaturated/α-hetero) is 1. The predicted molar refractivity (Wildman–Crippen MR) is 349 cm³/mol. The van der Waals surface area contributed by atoms with Gasteiger partial charge in [0.25, 0.3) is 11.8 Å². The molecule has 1 unspecified atom stereocenters. The van der Waals surface area contributed by atoms with Crippen LogP contribution in [0, 0.1) is 24.7 Å². The molecule has 91 heavy (non-hydrogen) atoms. The van der Waals surface area contributed by atoms with Crippen LogP contribution in [-0.2, 0) is 35.3 Å². The van der Waals surface area contributed by atoms with Crippen LogP contribution in [0.1, 0.15) is 164 Å². The zero-order chi connectivity index (χ0) is 64.6. The summed E-state index contributed by atoms with van der Waals surface area (Å²) in [4.78, 5) is 145. The highest BCUT2D eigenvalue weighted by molar-refractivity contribution is 7.15. The second-order valence-corrected chi connectivity index (χ2v) is 28.4. The number of pyridine rings is 1. The number of aromatic nitrogens is 7. The summed E-state index contributed by atoms with van der Waals surface area (Å²) in [5.74, 6) is -5.53. The van der Waals surface area contributed by atoms with Gasteiger partial charge in [-0.1, -0.05) is 51.1 Å². The second kappa shape index (κ2) is 29.6. The molecule has 0 saturated heterocycles. The number of carbonyl (C=O) groups excluding carboxylic acids is 6. The number of nitrogens with zero attached hydrogens (tertiary/aromatic N) is 8. The molecule has 23 nitrogen and oxygen atoms in total. The Morgan fingerprint density at radius 1 is 0.714 bits per heavy atom. The van der Waals surface area contributed by atoms with Gasteiger partial charge in [-0.2, -0.15) is 0 Å². The smallest absolute Gasteiger partial charge is 0.306 e. The maximum atomic E-state index is 14.4. The van der Waals surface area contributed by atoms with Crippen LogP contribution in [0.5, 0.6) is 0 Å². The lowest BCUT2D eigenvalue weighted by Crippen LogP contribution is -2.40. The number of carboxylic acids is 2. The van der Waals surface area contributed by atoms with Crippen molar-refractivity contribution in [1.82, 2.24) is 56.2 Å². The van der Waals surface area contributed by atoms with Crippen molar-refractivity contribution in [2.24, 2.45) is 17.8 Å². The van der Waals surface area contributed by atoms with E-state index < -0.39 is 66.0 Å². The Kier molecular flexibility index (Phi) is 21.4. The number of ether oxygens (including phenoxy) is 1. The third kappa shape index (κ3) is 15.7. The van der Waals surface area contributed by atoms with Crippen molar-refractivity contribution in [1.29, 1.82) is 0 Å². The minimum atomic E-state index is -1.00. The van der Waals surface area contributed by atoms with Crippen molar-refractivity contribution >= 4 is 121 Å². The normalized spacial score (nSPS) is 18.6. The molecule has 29 heteroatoms. The Labute approximate surface area is 547 Å². The van der Waals surface area contributed by atoms with E-state index in [4.69, 9.17) is 39.6 Å². The van der Waals surface area contributed by atoms with E-state index in [1.807, 2.05) is 61.9 Å². The molecule has 1 aliphatic carbocycles. The first kappa shape index (κ1) is 66.0. The summed E-state index contributed by atoms with van der Waals surface area (Å²) in [5, 5.41) is 40.4. The topological polar surface area (TPSA) is 328 Å². The van der Waals surface area contributed by atoms with Gasteiger partial charge in [0.1, 0.15) is 65.0 Å². The van der Waals surface area contributed by atoms with Gasteiger partial charge in [-0.25, -0.2) is 34.9 Å². The fourth-order valence-corrected chi connectivity index (χ4v) is 16.6. The maximum Gasteiger partial charge on any atom is 0.306 e. The Morgan fingerprint density at radius 2 is 1.42 bits per heavy atom. The number of anilines is 1. The third-order valence-electron chi connectivity index (χ3n) is 16.0. The zero-order valence-electron chi connectivity index (χ0n) is 50.5. The van der Waals surface area contributed by atoms with Gasteiger partial charge in [-0.3, -0.25) is 43.3 Å². The molecule has 8 heterocycles. The molecule has 1 aliphatic heterocycles. The molecule has 2 aliphatic rings. The summed E-state index contributed by atoms with van der Waals surface area (Å²) in [6.45, 7) is 7.38. The number of fused-ring (bicyclic) bond motifs is 14. The summed E-state index contributed by atoms with van der Waals surface area (Å²) < 4.78 is 5.50. The number of thiazole rings is 6. The van der Waals surface area contributed by atoms with Crippen LogP contribution in [0.2, 0.25) is 0 Å². The van der Waals surface area contributed by atoms with E-state index in [2.05, 4.69) is 21.3 Å². The number of carbonyl (C=O) groups is 8. The van der Waals surface area contributed by atoms with Gasteiger partial charge in [0.2, 0.25) is 17.7 Å². The van der Waals surface area contributed by atoms with Crippen LogP contribution < -0.4 is 26.2 Å². The van der Waals surface area contributed by atoms with Gasteiger partial charge in [-0.05, 0) is 68.6 Å². The SMILES string of the molecule is CNC(=O)C[C@@H]1NC(=O)c2csc(n2)-c2ccc(-c3nc(N(CCCC(=O)O)C(=O)CC4CCC(C(=O)O)CC4)cs3)nc2-c2csc(n2)-c2csc(n2)[C@H]([C@@H](C)c2ccccc2)NC(=O)CNC(=O)c2nc(sc2COC)C(C(C)C)CC(=O)c2nc1sc2C. The first-order valence-corrected chi connectivity index (χ1v) is 34.6. The van der Waals surface area contributed by atoms with Gasteiger partial charge in [0.05, 0.1) is 53.2 Å². The van der Waals surface area contributed by atoms with Crippen molar-refractivity contribution in [3.8, 4) is 43.4 Å². The number of ketones is 1. The van der Waals surface area contributed by atoms with Crippen molar-refractivity contribution in [3.05, 3.63) is 111 Å². The number of carboxylic acid groups (broad SMARTS) is 2. The van der Waals surface area contributed by atoms with Gasteiger partial charge < -0.3 is 36.2 Å². The molecule has 1 saturated carbocycles. The highest BCUT2D eigenvalue weighted by Gasteiger charge is 2.34. The molecule has 8 aromatic rings. The van der Waals surface area contributed by atoms with E-state index in [1.165, 1.54) is 87.1 Å². The predicted octanol–water partition coefficient (Wildman–Crippen LogP) is 10.7. The highest BCUT2D eigenvalue weighted by Crippen LogP contribution is 2.42. The Balaban J connectivity index is 1.04. The Morgan fingerprint density at radius 3 is 2.14 bits per heavy atom. The lowest BCUT2D eigenvalue weighted by atomic mass is 9.80. The largest absolute Gasteiger partial charge is 0.481 e. The number of amides is 5. The molecule has 10 rings (SSSR count). The number of hydrogen-bond donors (Lipinski definition) is 6. The number of nitrogens with one attached hydrogen (secondary N) is 4. The van der Waals surface area contributed by atoms with Crippen LogP contribution in [0.3, 0.4) is 0 Å². The van der Waals surface area contributed by atoms with Gasteiger partial charge in [0.15, 0.2) is 5.78 Å². The standard InChI is InChI=1S/C62H66N12O11S6/c1-30(2)37-22-43(75)51-32(4)90-60(72-51)39(23-46(76)63-5)66-54(81)41-27-86-56(68-41)36-18-19-38(58-70-45(29-89-58)74(20-10-13-49(79)80)48(78)21-33-14-16-35(17-15-33)62(83)84)65-52(36)40-26-87-59(67-40)42-28-88-61(69-42)50(31(3)34-11-8-7-9-12-34)71-47(77)24-64-55(82)53-44(25-85-6)91-57(37)73-53/h7-9,11-12,18-19,26-31,33,35,37,39,50H,10,13-17,20-25H2,1-6H3,(H,63,76)(H,64,82)(H,66,81)(H,71,77)(H,79,80)(H,83,84)/t31-,33?,35?,37?,39-,50-/m0/s1.